The number of aryl methyl sites for hydroxylation is 2. The number of rotatable bonds is 0. The van der Waals surface area contributed by atoms with Crippen LogP contribution in [-0.2, 0) is 0 Å². The summed E-state index contributed by atoms with van der Waals surface area (Å²) < 4.78 is 8.43. The highest BCUT2D eigenvalue weighted by molar-refractivity contribution is 7.00. The first-order valence-corrected chi connectivity index (χ1v) is 5.35. The van der Waals surface area contributed by atoms with Gasteiger partial charge in [0.05, 0.1) is 28.6 Å². The van der Waals surface area contributed by atoms with Gasteiger partial charge in [0.1, 0.15) is 16.6 Å². The average Bonchev–Trinajstić information content (AvgIpc) is 2.68. The van der Waals surface area contributed by atoms with Crippen LogP contribution in [0, 0.1) is 13.8 Å². The highest BCUT2D eigenvalue weighted by Crippen LogP contribution is 2.21. The summed E-state index contributed by atoms with van der Waals surface area (Å²) in [6.45, 7) is 3.92. The van der Waals surface area contributed by atoms with Gasteiger partial charge in [-0.2, -0.15) is 8.75 Å². The van der Waals surface area contributed by atoms with Crippen molar-refractivity contribution in [2.75, 3.05) is 0 Å². The average molecular weight is 216 g/mol. The lowest BCUT2D eigenvalue weighted by Crippen LogP contribution is -1.93. The molecule has 4 nitrogen and oxygen atoms in total. The van der Waals surface area contributed by atoms with Crippen LogP contribution in [0.1, 0.15) is 11.4 Å². The molecule has 2 heterocycles. The first-order valence-electron chi connectivity index (χ1n) is 4.62. The molecule has 0 atom stereocenters. The van der Waals surface area contributed by atoms with E-state index in [1.165, 1.54) is 11.7 Å². The van der Waals surface area contributed by atoms with Crippen LogP contribution in [0.25, 0.3) is 22.1 Å². The van der Waals surface area contributed by atoms with E-state index < -0.39 is 0 Å². The molecule has 2 aromatic heterocycles. The Morgan fingerprint density at radius 3 is 2.47 bits per heavy atom. The van der Waals surface area contributed by atoms with E-state index in [1.807, 2.05) is 26.0 Å². The van der Waals surface area contributed by atoms with Gasteiger partial charge in [0.2, 0.25) is 0 Å². The van der Waals surface area contributed by atoms with E-state index in [0.717, 1.165) is 33.5 Å². The van der Waals surface area contributed by atoms with Crippen molar-refractivity contribution in [2.24, 2.45) is 0 Å². The van der Waals surface area contributed by atoms with Crippen LogP contribution < -0.4 is 0 Å². The van der Waals surface area contributed by atoms with Crippen molar-refractivity contribution >= 4 is 33.8 Å². The molecule has 74 valence electrons. The first kappa shape index (κ1) is 8.67. The van der Waals surface area contributed by atoms with Crippen molar-refractivity contribution in [3.8, 4) is 0 Å². The summed E-state index contributed by atoms with van der Waals surface area (Å²) in [5.41, 5.74) is 5.40. The number of hydrogen-bond acceptors (Lipinski definition) is 5. The third kappa shape index (κ3) is 1.20. The SMILES string of the molecule is Cc1nc2ccc3nsnc3c2nc1C. The fraction of sp³-hybridized carbons (Fsp3) is 0.200. The predicted octanol–water partition coefficient (Wildman–Crippen LogP) is 2.25. The van der Waals surface area contributed by atoms with Crippen LogP contribution in [0.5, 0.6) is 0 Å². The minimum absolute atomic E-state index is 0.851. The van der Waals surface area contributed by atoms with Gasteiger partial charge in [-0.15, -0.1) is 0 Å². The Morgan fingerprint density at radius 2 is 1.60 bits per heavy atom. The predicted molar refractivity (Wildman–Crippen MR) is 60.0 cm³/mol. The lowest BCUT2D eigenvalue weighted by Gasteiger charge is -2.01. The molecule has 0 radical (unpaired) electrons. The minimum atomic E-state index is 0.851. The van der Waals surface area contributed by atoms with Crippen molar-refractivity contribution in [3.63, 3.8) is 0 Å². The van der Waals surface area contributed by atoms with Crippen molar-refractivity contribution in [2.45, 2.75) is 13.8 Å². The summed E-state index contributed by atoms with van der Waals surface area (Å²) in [5, 5.41) is 0. The van der Waals surface area contributed by atoms with E-state index in [4.69, 9.17) is 0 Å². The van der Waals surface area contributed by atoms with Crippen molar-refractivity contribution < 1.29 is 0 Å². The number of benzene rings is 1. The van der Waals surface area contributed by atoms with Crippen LogP contribution >= 0.6 is 11.7 Å². The molecule has 0 fully saturated rings. The number of aromatic nitrogens is 4. The molecule has 3 aromatic rings. The lowest BCUT2D eigenvalue weighted by atomic mass is 10.2. The fourth-order valence-corrected chi connectivity index (χ4v) is 2.08. The van der Waals surface area contributed by atoms with Gasteiger partial charge in [-0.1, -0.05) is 0 Å². The zero-order chi connectivity index (χ0) is 10.4. The molecule has 0 spiro atoms. The molecule has 0 bridgehead atoms. The van der Waals surface area contributed by atoms with Crippen LogP contribution in [0.4, 0.5) is 0 Å². The highest BCUT2D eigenvalue weighted by Gasteiger charge is 2.08. The smallest absolute Gasteiger partial charge is 0.132 e. The fourth-order valence-electron chi connectivity index (χ4n) is 1.54. The third-order valence-electron chi connectivity index (χ3n) is 2.47. The van der Waals surface area contributed by atoms with E-state index in [0.29, 0.717) is 0 Å². The lowest BCUT2D eigenvalue weighted by molar-refractivity contribution is 1.10. The van der Waals surface area contributed by atoms with Crippen molar-refractivity contribution in [3.05, 3.63) is 23.5 Å². The maximum Gasteiger partial charge on any atom is 0.132 e. The van der Waals surface area contributed by atoms with E-state index in [-0.39, 0.29) is 0 Å². The maximum atomic E-state index is 4.52. The molecule has 5 heteroatoms. The van der Waals surface area contributed by atoms with Crippen LogP contribution in [0.15, 0.2) is 12.1 Å². The van der Waals surface area contributed by atoms with E-state index in [2.05, 4.69) is 18.7 Å². The van der Waals surface area contributed by atoms with Crippen molar-refractivity contribution in [1.82, 2.24) is 18.7 Å². The van der Waals surface area contributed by atoms with Gasteiger partial charge >= 0.3 is 0 Å². The summed E-state index contributed by atoms with van der Waals surface area (Å²) in [5.74, 6) is 0. The summed E-state index contributed by atoms with van der Waals surface area (Å²) in [4.78, 5) is 9.00. The molecule has 0 unspecified atom stereocenters. The number of hydrogen-bond donors (Lipinski definition) is 0. The molecule has 0 aliphatic carbocycles. The standard InChI is InChI=1S/C10H8N4S/c1-5-6(2)12-9-7(11-5)3-4-8-10(9)14-15-13-8/h3-4H,1-2H3. The van der Waals surface area contributed by atoms with E-state index in [9.17, 15) is 0 Å². The third-order valence-corrected chi connectivity index (χ3v) is 3.01. The number of fused-ring (bicyclic) bond motifs is 3. The van der Waals surface area contributed by atoms with Crippen LogP contribution in [0.2, 0.25) is 0 Å². The van der Waals surface area contributed by atoms with Crippen molar-refractivity contribution in [1.29, 1.82) is 0 Å². The molecule has 0 amide bonds. The molecule has 3 rings (SSSR count). The quantitative estimate of drug-likeness (QED) is 0.578. The molecule has 0 saturated heterocycles. The van der Waals surface area contributed by atoms with E-state index in [1.54, 1.807) is 0 Å². The summed E-state index contributed by atoms with van der Waals surface area (Å²) >= 11 is 1.21. The Bertz CT molecular complexity index is 659. The second-order valence-electron chi connectivity index (χ2n) is 3.46. The Labute approximate surface area is 90.3 Å². The molecule has 0 N–H and O–H groups in total. The first-order chi connectivity index (χ1) is 7.25. The van der Waals surface area contributed by atoms with Gasteiger partial charge in [0.25, 0.3) is 0 Å². The van der Waals surface area contributed by atoms with Gasteiger partial charge in [-0.05, 0) is 26.0 Å². The molecule has 15 heavy (non-hydrogen) atoms. The zero-order valence-corrected chi connectivity index (χ0v) is 9.17. The molecule has 0 saturated carbocycles. The molecule has 0 aliphatic heterocycles. The second kappa shape index (κ2) is 2.93. The van der Waals surface area contributed by atoms with Gasteiger partial charge in [-0.3, -0.25) is 0 Å². The highest BCUT2D eigenvalue weighted by atomic mass is 32.1. The van der Waals surface area contributed by atoms with Crippen LogP contribution in [0.3, 0.4) is 0 Å². The molecular weight excluding hydrogens is 208 g/mol. The van der Waals surface area contributed by atoms with Gasteiger partial charge in [-0.25, -0.2) is 9.97 Å². The molecular formula is C10H8N4S. The zero-order valence-electron chi connectivity index (χ0n) is 8.35. The Hall–Kier alpha value is -1.62. The maximum absolute atomic E-state index is 4.52. The van der Waals surface area contributed by atoms with Gasteiger partial charge in [0, 0.05) is 0 Å². The van der Waals surface area contributed by atoms with Crippen LogP contribution in [-0.4, -0.2) is 18.7 Å². The Morgan fingerprint density at radius 1 is 0.867 bits per heavy atom. The second-order valence-corrected chi connectivity index (χ2v) is 3.99. The summed E-state index contributed by atoms with van der Waals surface area (Å²) in [6, 6.07) is 3.88. The number of nitrogens with zero attached hydrogens (tertiary/aromatic N) is 4. The topological polar surface area (TPSA) is 51.6 Å². The minimum Gasteiger partial charge on any atom is -0.250 e. The molecule has 1 aromatic carbocycles. The Balaban J connectivity index is 2.57. The van der Waals surface area contributed by atoms with Gasteiger partial charge < -0.3 is 0 Å². The molecule has 0 aliphatic rings. The summed E-state index contributed by atoms with van der Waals surface area (Å²) in [6.07, 6.45) is 0. The largest absolute Gasteiger partial charge is 0.250 e. The van der Waals surface area contributed by atoms with E-state index >= 15 is 0 Å². The van der Waals surface area contributed by atoms with Gasteiger partial charge in [0.15, 0.2) is 0 Å². The summed E-state index contributed by atoms with van der Waals surface area (Å²) in [7, 11) is 0. The normalized spacial score (nSPS) is 11.3. The monoisotopic (exact) mass is 216 g/mol. The Kier molecular flexibility index (Phi) is 1.70.